The number of hydrogen-bond acceptors (Lipinski definition) is 3. The molecule has 0 bridgehead atoms. The van der Waals surface area contributed by atoms with Crippen LogP contribution in [-0.2, 0) is 11.2 Å². The van der Waals surface area contributed by atoms with Crippen LogP contribution < -0.4 is 10.6 Å². The topological polar surface area (TPSA) is 54.3 Å². The van der Waals surface area contributed by atoms with E-state index in [-0.39, 0.29) is 18.0 Å². The lowest BCUT2D eigenvalue weighted by atomic mass is 9.88. The molecule has 0 saturated carbocycles. The van der Waals surface area contributed by atoms with E-state index in [2.05, 4.69) is 28.8 Å². The van der Waals surface area contributed by atoms with E-state index in [1.807, 2.05) is 25.1 Å². The van der Waals surface area contributed by atoms with Crippen molar-refractivity contribution in [1.29, 1.82) is 0 Å². The summed E-state index contributed by atoms with van der Waals surface area (Å²) in [6.45, 7) is 2.28. The Bertz CT molecular complexity index is 622. The second-order valence-corrected chi connectivity index (χ2v) is 5.83. The summed E-state index contributed by atoms with van der Waals surface area (Å²) in [4.78, 5) is 12.2. The summed E-state index contributed by atoms with van der Waals surface area (Å²) in [6, 6.07) is 12.3. The van der Waals surface area contributed by atoms with Crippen LogP contribution in [0.4, 0.5) is 0 Å². The van der Waals surface area contributed by atoms with Crippen LogP contribution in [0.5, 0.6) is 0 Å². The van der Waals surface area contributed by atoms with Gasteiger partial charge in [0.25, 0.3) is 0 Å². The van der Waals surface area contributed by atoms with Gasteiger partial charge in [-0.25, -0.2) is 0 Å². The van der Waals surface area contributed by atoms with Gasteiger partial charge in [-0.3, -0.25) is 10.1 Å². The monoisotopic (exact) mass is 298 g/mol. The smallest absolute Gasteiger partial charge is 0.234 e. The number of amides is 1. The van der Waals surface area contributed by atoms with Gasteiger partial charge in [-0.15, -0.1) is 0 Å². The Kier molecular flexibility index (Phi) is 4.59. The van der Waals surface area contributed by atoms with Crippen molar-refractivity contribution in [2.75, 3.05) is 6.54 Å². The first-order chi connectivity index (χ1) is 10.7. The van der Waals surface area contributed by atoms with E-state index in [1.165, 1.54) is 11.1 Å². The van der Waals surface area contributed by atoms with Gasteiger partial charge in [0.05, 0.1) is 24.9 Å². The summed E-state index contributed by atoms with van der Waals surface area (Å²) in [5.74, 6) is 0.871. The zero-order valence-corrected chi connectivity index (χ0v) is 12.8. The van der Waals surface area contributed by atoms with Crippen molar-refractivity contribution >= 4 is 5.91 Å². The Morgan fingerprint density at radius 3 is 3.00 bits per heavy atom. The van der Waals surface area contributed by atoms with Gasteiger partial charge in [-0.1, -0.05) is 24.3 Å². The van der Waals surface area contributed by atoms with Crippen molar-refractivity contribution in [3.05, 3.63) is 59.5 Å². The van der Waals surface area contributed by atoms with E-state index in [4.69, 9.17) is 4.42 Å². The van der Waals surface area contributed by atoms with Gasteiger partial charge < -0.3 is 9.73 Å². The van der Waals surface area contributed by atoms with Crippen LogP contribution >= 0.6 is 0 Å². The number of aryl methyl sites for hydroxylation is 1. The van der Waals surface area contributed by atoms with Gasteiger partial charge in [0, 0.05) is 0 Å². The molecule has 1 heterocycles. The van der Waals surface area contributed by atoms with Gasteiger partial charge >= 0.3 is 0 Å². The van der Waals surface area contributed by atoms with Crippen LogP contribution in [0.2, 0.25) is 0 Å². The third-order valence-electron chi connectivity index (χ3n) is 4.24. The minimum Gasteiger partial charge on any atom is -0.468 e. The van der Waals surface area contributed by atoms with Crippen molar-refractivity contribution in [2.45, 2.75) is 38.3 Å². The largest absolute Gasteiger partial charge is 0.468 e. The van der Waals surface area contributed by atoms with Crippen molar-refractivity contribution in [2.24, 2.45) is 0 Å². The Balaban J connectivity index is 1.54. The molecule has 0 radical (unpaired) electrons. The molecule has 1 aromatic carbocycles. The molecule has 0 saturated heterocycles. The average Bonchev–Trinajstić information content (AvgIpc) is 3.07. The number of benzene rings is 1. The molecule has 116 valence electrons. The van der Waals surface area contributed by atoms with Crippen LogP contribution in [0, 0.1) is 0 Å². The van der Waals surface area contributed by atoms with Crippen molar-refractivity contribution in [1.82, 2.24) is 10.6 Å². The average molecular weight is 298 g/mol. The quantitative estimate of drug-likeness (QED) is 0.891. The number of nitrogens with one attached hydrogen (secondary N) is 2. The number of fused-ring (bicyclic) bond motifs is 1. The van der Waals surface area contributed by atoms with Gasteiger partial charge in [-0.05, 0) is 49.4 Å². The second-order valence-electron chi connectivity index (χ2n) is 5.83. The highest BCUT2D eigenvalue weighted by Gasteiger charge is 2.21. The minimum absolute atomic E-state index is 0.0272. The molecular formula is C18H22N2O2. The first kappa shape index (κ1) is 14.9. The van der Waals surface area contributed by atoms with E-state index >= 15 is 0 Å². The Hall–Kier alpha value is -2.07. The number of furan rings is 1. The Morgan fingerprint density at radius 2 is 2.18 bits per heavy atom. The lowest BCUT2D eigenvalue weighted by Crippen LogP contribution is -2.38. The fourth-order valence-corrected chi connectivity index (χ4v) is 3.03. The third-order valence-corrected chi connectivity index (χ3v) is 4.24. The van der Waals surface area contributed by atoms with E-state index in [0.717, 1.165) is 25.0 Å². The van der Waals surface area contributed by atoms with Gasteiger partial charge in [-0.2, -0.15) is 0 Å². The normalized spacial score (nSPS) is 18.5. The number of hydrogen-bond donors (Lipinski definition) is 2. The summed E-state index contributed by atoms with van der Waals surface area (Å²) in [5, 5.41) is 6.34. The molecule has 0 unspecified atom stereocenters. The highest BCUT2D eigenvalue weighted by atomic mass is 16.3. The molecule has 4 nitrogen and oxygen atoms in total. The molecule has 1 aliphatic carbocycles. The molecule has 4 heteroatoms. The van der Waals surface area contributed by atoms with Gasteiger partial charge in [0.2, 0.25) is 5.91 Å². The molecule has 2 aromatic rings. The van der Waals surface area contributed by atoms with Crippen molar-refractivity contribution < 1.29 is 9.21 Å². The first-order valence-corrected chi connectivity index (χ1v) is 7.88. The SMILES string of the molecule is C[C@@H](NCC(=O)N[C@H]1CCCc2ccccc21)c1ccco1. The molecule has 1 aromatic heterocycles. The molecule has 0 fully saturated rings. The fraction of sp³-hybridized carbons (Fsp3) is 0.389. The molecule has 1 aliphatic rings. The number of rotatable bonds is 5. The maximum Gasteiger partial charge on any atom is 0.234 e. The van der Waals surface area contributed by atoms with E-state index in [9.17, 15) is 4.79 Å². The lowest BCUT2D eigenvalue weighted by Gasteiger charge is -2.26. The first-order valence-electron chi connectivity index (χ1n) is 7.88. The summed E-state index contributed by atoms with van der Waals surface area (Å²) in [5.41, 5.74) is 2.62. The lowest BCUT2D eigenvalue weighted by molar-refractivity contribution is -0.121. The predicted molar refractivity (Wildman–Crippen MR) is 85.4 cm³/mol. The highest BCUT2D eigenvalue weighted by molar-refractivity contribution is 5.78. The molecule has 2 atom stereocenters. The van der Waals surface area contributed by atoms with Crippen LogP contribution in [0.3, 0.4) is 0 Å². The van der Waals surface area contributed by atoms with Gasteiger partial charge in [0.15, 0.2) is 0 Å². The minimum atomic E-state index is 0.0272. The standard InChI is InChI=1S/C18H22N2O2/c1-13(17-10-5-11-22-17)19-12-18(21)20-16-9-4-7-14-6-2-3-8-15(14)16/h2-3,5-6,8,10-11,13,16,19H,4,7,9,12H2,1H3,(H,20,21)/t13-,16+/m1/s1. The highest BCUT2D eigenvalue weighted by Crippen LogP contribution is 2.29. The van der Waals surface area contributed by atoms with Crippen LogP contribution in [0.15, 0.2) is 47.1 Å². The van der Waals surface area contributed by atoms with Crippen LogP contribution in [-0.4, -0.2) is 12.5 Å². The Morgan fingerprint density at radius 1 is 1.32 bits per heavy atom. The van der Waals surface area contributed by atoms with Crippen LogP contribution in [0.1, 0.15) is 48.7 Å². The zero-order valence-electron chi connectivity index (χ0n) is 12.8. The third kappa shape index (κ3) is 3.39. The fourth-order valence-electron chi connectivity index (χ4n) is 3.03. The molecule has 0 aliphatic heterocycles. The van der Waals surface area contributed by atoms with E-state index in [0.29, 0.717) is 6.54 Å². The van der Waals surface area contributed by atoms with Crippen LogP contribution in [0.25, 0.3) is 0 Å². The van der Waals surface area contributed by atoms with Gasteiger partial charge in [0.1, 0.15) is 5.76 Å². The Labute approximate surface area is 130 Å². The molecule has 22 heavy (non-hydrogen) atoms. The van der Waals surface area contributed by atoms with Crippen molar-refractivity contribution in [3.8, 4) is 0 Å². The molecule has 2 N–H and O–H groups in total. The second kappa shape index (κ2) is 6.79. The van der Waals surface area contributed by atoms with E-state index < -0.39 is 0 Å². The zero-order chi connectivity index (χ0) is 15.4. The summed E-state index contributed by atoms with van der Waals surface area (Å²) >= 11 is 0. The summed E-state index contributed by atoms with van der Waals surface area (Å²) in [7, 11) is 0. The molecular weight excluding hydrogens is 276 g/mol. The summed E-state index contributed by atoms with van der Waals surface area (Å²) < 4.78 is 5.33. The maximum absolute atomic E-state index is 12.2. The molecule has 3 rings (SSSR count). The molecule has 0 spiro atoms. The molecule has 1 amide bonds. The maximum atomic E-state index is 12.2. The van der Waals surface area contributed by atoms with Crippen molar-refractivity contribution in [3.63, 3.8) is 0 Å². The van der Waals surface area contributed by atoms with E-state index in [1.54, 1.807) is 6.26 Å². The predicted octanol–water partition coefficient (Wildman–Crippen LogP) is 3.12. The summed E-state index contributed by atoms with van der Waals surface area (Å²) in [6.07, 6.45) is 4.89. The number of carbonyl (C=O) groups excluding carboxylic acids is 1. The number of carbonyl (C=O) groups is 1.